The number of aliphatic carboxylic acids is 1. The number of anilines is 1. The number of hydrogen-bond acceptors (Lipinski definition) is 3. The molecule has 2 rings (SSSR count). The Bertz CT molecular complexity index is 836. The molecule has 2 N–H and O–H groups in total. The van der Waals surface area contributed by atoms with Gasteiger partial charge in [0, 0.05) is 0 Å². The lowest BCUT2D eigenvalue weighted by Crippen LogP contribution is -2.33. The second-order valence-electron chi connectivity index (χ2n) is 5.37. The normalized spacial score (nSPS) is 14.0. The second-order valence-corrected chi connectivity index (χ2v) is 7.11. The van der Waals surface area contributed by atoms with Gasteiger partial charge in [-0.15, -0.1) is 0 Å². The first-order valence-electron chi connectivity index (χ1n) is 6.71. The molecule has 0 aliphatic rings. The highest BCUT2D eigenvalue weighted by Crippen LogP contribution is 2.34. The first kappa shape index (κ1) is 17.0. The molecule has 0 bridgehead atoms. The summed E-state index contributed by atoms with van der Waals surface area (Å²) >= 11 is 0. The van der Waals surface area contributed by atoms with Gasteiger partial charge in [-0.2, -0.15) is 0 Å². The van der Waals surface area contributed by atoms with Gasteiger partial charge in [0.1, 0.15) is 11.2 Å². The van der Waals surface area contributed by atoms with Crippen LogP contribution >= 0.6 is 0 Å². The van der Waals surface area contributed by atoms with E-state index in [1.54, 1.807) is 30.3 Å². The van der Waals surface area contributed by atoms with Crippen molar-refractivity contribution in [2.75, 3.05) is 11.0 Å². The van der Waals surface area contributed by atoms with Gasteiger partial charge in [-0.3, -0.25) is 9.52 Å². The molecule has 122 valence electrons. The molecule has 1 unspecified atom stereocenters. The summed E-state index contributed by atoms with van der Waals surface area (Å²) in [7, 11) is -3.62. The smallest absolute Gasteiger partial charge is 0.318 e. The minimum absolute atomic E-state index is 0.216. The predicted octanol–water partition coefficient (Wildman–Crippen LogP) is 2.59. The van der Waals surface area contributed by atoms with Crippen LogP contribution in [0, 0.1) is 5.82 Å². The van der Waals surface area contributed by atoms with Gasteiger partial charge >= 0.3 is 5.97 Å². The summed E-state index contributed by atoms with van der Waals surface area (Å²) in [5.41, 5.74) is -0.966. The minimum Gasteiger partial charge on any atom is -0.480 e. The molecule has 0 radical (unpaired) electrons. The van der Waals surface area contributed by atoms with E-state index in [2.05, 4.69) is 0 Å². The fraction of sp³-hybridized carbons (Fsp3) is 0.188. The maximum absolute atomic E-state index is 14.2. The van der Waals surface area contributed by atoms with Gasteiger partial charge in [0.05, 0.1) is 11.9 Å². The van der Waals surface area contributed by atoms with Gasteiger partial charge in [0.25, 0.3) is 0 Å². The number of nitrogens with one attached hydrogen (secondary N) is 1. The third kappa shape index (κ3) is 3.50. The van der Waals surface area contributed by atoms with Crippen LogP contribution in [0.4, 0.5) is 10.1 Å². The Kier molecular flexibility index (Phi) is 4.42. The minimum atomic E-state index is -3.62. The van der Waals surface area contributed by atoms with Crippen molar-refractivity contribution in [2.45, 2.75) is 12.3 Å². The topological polar surface area (TPSA) is 83.5 Å². The van der Waals surface area contributed by atoms with E-state index in [0.29, 0.717) is 5.56 Å². The highest BCUT2D eigenvalue weighted by Gasteiger charge is 2.37. The zero-order valence-electron chi connectivity index (χ0n) is 12.6. The van der Waals surface area contributed by atoms with Crippen LogP contribution in [0.15, 0.2) is 48.5 Å². The molecule has 2 aromatic rings. The molecule has 7 heteroatoms. The molecule has 1 atom stereocenters. The summed E-state index contributed by atoms with van der Waals surface area (Å²) in [6, 6.07) is 12.1. The van der Waals surface area contributed by atoms with Crippen molar-refractivity contribution in [1.29, 1.82) is 0 Å². The lowest BCUT2D eigenvalue weighted by molar-refractivity contribution is -0.141. The third-order valence-corrected chi connectivity index (χ3v) is 4.21. The van der Waals surface area contributed by atoms with E-state index in [1.807, 2.05) is 4.72 Å². The first-order chi connectivity index (χ1) is 10.6. The number of carbonyl (C=O) groups is 1. The van der Waals surface area contributed by atoms with E-state index >= 15 is 0 Å². The summed E-state index contributed by atoms with van der Waals surface area (Å²) in [6.45, 7) is 1.48. The first-order valence-corrected chi connectivity index (χ1v) is 8.60. The Morgan fingerprint density at radius 2 is 1.74 bits per heavy atom. The number of hydrogen-bond donors (Lipinski definition) is 2. The molecule has 23 heavy (non-hydrogen) atoms. The van der Waals surface area contributed by atoms with Crippen LogP contribution in [-0.2, 0) is 20.2 Å². The highest BCUT2D eigenvalue weighted by molar-refractivity contribution is 7.92. The number of benzene rings is 2. The Morgan fingerprint density at radius 3 is 2.22 bits per heavy atom. The lowest BCUT2D eigenvalue weighted by Gasteiger charge is -2.26. The predicted molar refractivity (Wildman–Crippen MR) is 85.4 cm³/mol. The monoisotopic (exact) mass is 337 g/mol. The zero-order valence-corrected chi connectivity index (χ0v) is 13.4. The van der Waals surface area contributed by atoms with Gasteiger partial charge in [-0.05, 0) is 30.2 Å². The Balaban J connectivity index is 2.54. The van der Waals surface area contributed by atoms with Crippen LogP contribution in [-0.4, -0.2) is 25.7 Å². The van der Waals surface area contributed by atoms with Gasteiger partial charge in [-0.25, -0.2) is 12.8 Å². The van der Waals surface area contributed by atoms with Crippen LogP contribution in [0.5, 0.6) is 0 Å². The standard InChI is InChI=1S/C16H16FNO4S/c1-16(15(19)20,11-6-4-3-5-7-11)12-8-9-14(13(17)10-12)18-23(2,21)22/h3-10,18H,1-2H3,(H,19,20). The number of halogens is 1. The van der Waals surface area contributed by atoms with Crippen molar-refractivity contribution < 1.29 is 22.7 Å². The van der Waals surface area contributed by atoms with Crippen molar-refractivity contribution in [3.63, 3.8) is 0 Å². The van der Waals surface area contributed by atoms with E-state index in [-0.39, 0.29) is 11.3 Å². The third-order valence-electron chi connectivity index (χ3n) is 3.62. The maximum atomic E-state index is 14.2. The van der Waals surface area contributed by atoms with Crippen molar-refractivity contribution in [3.05, 3.63) is 65.5 Å². The van der Waals surface area contributed by atoms with Crippen LogP contribution in [0.3, 0.4) is 0 Å². The van der Waals surface area contributed by atoms with E-state index in [9.17, 15) is 22.7 Å². The molecule has 0 heterocycles. The molecule has 0 fully saturated rings. The molecule has 0 saturated heterocycles. The quantitative estimate of drug-likeness (QED) is 0.878. The van der Waals surface area contributed by atoms with E-state index < -0.39 is 27.2 Å². The van der Waals surface area contributed by atoms with Gasteiger partial charge < -0.3 is 5.11 Å². The largest absolute Gasteiger partial charge is 0.480 e. The molecule has 0 amide bonds. The van der Waals surface area contributed by atoms with Crippen LogP contribution in [0.2, 0.25) is 0 Å². The summed E-state index contributed by atoms with van der Waals surface area (Å²) in [4.78, 5) is 11.8. The van der Waals surface area contributed by atoms with E-state index in [1.165, 1.54) is 19.1 Å². The van der Waals surface area contributed by atoms with Crippen LogP contribution in [0.25, 0.3) is 0 Å². The fourth-order valence-electron chi connectivity index (χ4n) is 2.29. The number of rotatable bonds is 5. The number of carboxylic acids is 1. The number of carboxylic acid groups (broad SMARTS) is 1. The second kappa shape index (κ2) is 6.00. The molecular formula is C16H16FNO4S. The van der Waals surface area contributed by atoms with Gasteiger partial charge in [0.15, 0.2) is 0 Å². The highest BCUT2D eigenvalue weighted by atomic mass is 32.2. The average Bonchev–Trinajstić information content (AvgIpc) is 2.48. The molecular weight excluding hydrogens is 321 g/mol. The Morgan fingerprint density at radius 1 is 1.13 bits per heavy atom. The molecule has 2 aromatic carbocycles. The average molecular weight is 337 g/mol. The van der Waals surface area contributed by atoms with Crippen molar-refractivity contribution >= 4 is 21.7 Å². The van der Waals surface area contributed by atoms with Gasteiger partial charge in [-0.1, -0.05) is 36.4 Å². The summed E-state index contributed by atoms with van der Waals surface area (Å²) < 4.78 is 38.6. The molecule has 0 saturated carbocycles. The summed E-state index contributed by atoms with van der Waals surface area (Å²) in [5.74, 6) is -1.97. The SMILES string of the molecule is CC(C(=O)O)(c1ccccc1)c1ccc(NS(C)(=O)=O)c(F)c1. The van der Waals surface area contributed by atoms with Crippen molar-refractivity contribution in [2.24, 2.45) is 0 Å². The fourth-order valence-corrected chi connectivity index (χ4v) is 2.86. The van der Waals surface area contributed by atoms with Crippen LogP contribution in [0.1, 0.15) is 18.1 Å². The van der Waals surface area contributed by atoms with Crippen molar-refractivity contribution in [3.8, 4) is 0 Å². The molecule has 0 spiro atoms. The van der Waals surface area contributed by atoms with Crippen LogP contribution < -0.4 is 4.72 Å². The Hall–Kier alpha value is -2.41. The van der Waals surface area contributed by atoms with E-state index in [4.69, 9.17) is 0 Å². The summed E-state index contributed by atoms with van der Waals surface area (Å²) in [6.07, 6.45) is 0.908. The molecule has 0 aliphatic carbocycles. The number of sulfonamides is 1. The maximum Gasteiger partial charge on any atom is 0.318 e. The van der Waals surface area contributed by atoms with E-state index in [0.717, 1.165) is 12.3 Å². The lowest BCUT2D eigenvalue weighted by atomic mass is 9.76. The van der Waals surface area contributed by atoms with Gasteiger partial charge in [0.2, 0.25) is 10.0 Å². The summed E-state index contributed by atoms with van der Waals surface area (Å²) in [5, 5.41) is 9.65. The van der Waals surface area contributed by atoms with Crippen molar-refractivity contribution in [1.82, 2.24) is 0 Å². The molecule has 0 aliphatic heterocycles. The Labute approximate surface area is 133 Å². The molecule has 5 nitrogen and oxygen atoms in total. The zero-order chi connectivity index (χ0) is 17.3. The molecule has 0 aromatic heterocycles.